The number of alkyl halides is 3. The van der Waals surface area contributed by atoms with E-state index in [-0.39, 0.29) is 5.75 Å². The van der Waals surface area contributed by atoms with Crippen molar-refractivity contribution in [2.75, 3.05) is 0 Å². The van der Waals surface area contributed by atoms with E-state index in [4.69, 9.17) is 0 Å². The Morgan fingerprint density at radius 1 is 1.15 bits per heavy atom. The number of benzene rings is 1. The van der Waals surface area contributed by atoms with Gasteiger partial charge in [-0.2, -0.15) is 13.2 Å². The fourth-order valence-electron chi connectivity index (χ4n) is 0.653. The summed E-state index contributed by atoms with van der Waals surface area (Å²) in [5.41, 5.74) is 0. The van der Waals surface area contributed by atoms with Gasteiger partial charge in [-0.3, -0.25) is 0 Å². The summed E-state index contributed by atoms with van der Waals surface area (Å²) in [6.45, 7) is 0. The molecule has 0 unspecified atom stereocenters. The molecule has 0 heterocycles. The third kappa shape index (κ3) is 3.02. The minimum Gasteiger partial charge on any atom is -0.442 e. The highest BCUT2D eigenvalue weighted by Crippen LogP contribution is 2.20. The van der Waals surface area contributed by atoms with Crippen molar-refractivity contribution in [1.29, 1.82) is 0 Å². The Morgan fingerprint density at radius 3 is 2.15 bits per heavy atom. The van der Waals surface area contributed by atoms with E-state index in [1.54, 1.807) is 18.2 Å². The lowest BCUT2D eigenvalue weighted by atomic mass is 10.3. The average molecular weight is 206 g/mol. The van der Waals surface area contributed by atoms with Crippen molar-refractivity contribution in [3.8, 4) is 5.75 Å². The Labute approximate surface area is 78.1 Å². The number of para-hydroxylation sites is 1. The quantitative estimate of drug-likeness (QED) is 0.653. The molecule has 1 nitrogen and oxygen atoms in total. The topological polar surface area (TPSA) is 9.23 Å². The first-order chi connectivity index (χ1) is 6.00. The number of hydrogen-bond donors (Lipinski definition) is 0. The Bertz CT molecular complexity index is 294. The largest absolute Gasteiger partial charge is 0.460 e. The normalized spacial score (nSPS) is 11.0. The van der Waals surface area contributed by atoms with Gasteiger partial charge in [0.2, 0.25) is 0 Å². The minimum atomic E-state index is -4.58. The molecule has 13 heavy (non-hydrogen) atoms. The van der Waals surface area contributed by atoms with E-state index in [0.717, 1.165) is 0 Å². The molecule has 0 amide bonds. The molecule has 0 spiro atoms. The summed E-state index contributed by atoms with van der Waals surface area (Å²) in [4.78, 5) is 0. The average Bonchev–Trinajstić information content (AvgIpc) is 2.04. The van der Waals surface area contributed by atoms with E-state index in [1.165, 1.54) is 12.1 Å². The van der Waals surface area contributed by atoms with Gasteiger partial charge < -0.3 is 4.74 Å². The van der Waals surface area contributed by atoms with Crippen molar-refractivity contribution in [3.63, 3.8) is 0 Å². The third-order valence-electron chi connectivity index (χ3n) is 1.19. The fraction of sp³-hybridized carbons (Fsp3) is 0.125. The molecule has 0 N–H and O–H groups in total. The van der Waals surface area contributed by atoms with Crippen LogP contribution in [0.1, 0.15) is 0 Å². The Kier molecular flexibility index (Phi) is 2.87. The molecule has 0 aliphatic rings. The number of rotatable bonds is 1. The van der Waals surface area contributed by atoms with E-state index in [1.807, 2.05) is 0 Å². The van der Waals surface area contributed by atoms with Gasteiger partial charge in [-0.1, -0.05) is 18.2 Å². The standard InChI is InChI=1S/C8H5F3OS/c9-8(10,11)7(13)12-6-4-2-1-3-5-6/h1-5H. The molecule has 0 bridgehead atoms. The maximum absolute atomic E-state index is 11.9. The van der Waals surface area contributed by atoms with Crippen molar-refractivity contribution in [2.45, 2.75) is 6.18 Å². The molecule has 1 aromatic carbocycles. The molecule has 0 atom stereocenters. The summed E-state index contributed by atoms with van der Waals surface area (Å²) >= 11 is 4.03. The van der Waals surface area contributed by atoms with Crippen LogP contribution < -0.4 is 4.74 Å². The van der Waals surface area contributed by atoms with E-state index < -0.39 is 11.2 Å². The maximum atomic E-state index is 11.9. The number of ether oxygens (including phenoxy) is 1. The summed E-state index contributed by atoms with van der Waals surface area (Å²) in [6, 6.07) is 7.60. The lowest BCUT2D eigenvalue weighted by Gasteiger charge is -2.08. The minimum absolute atomic E-state index is 0.0878. The summed E-state index contributed by atoms with van der Waals surface area (Å²) < 4.78 is 40.0. The van der Waals surface area contributed by atoms with Gasteiger partial charge in [-0.15, -0.1) is 0 Å². The first-order valence-electron chi connectivity index (χ1n) is 3.34. The predicted octanol–water partition coefficient (Wildman–Crippen LogP) is 2.96. The van der Waals surface area contributed by atoms with Gasteiger partial charge in [0.25, 0.3) is 5.05 Å². The van der Waals surface area contributed by atoms with Crippen LogP contribution in [-0.2, 0) is 0 Å². The van der Waals surface area contributed by atoms with Gasteiger partial charge in [0.15, 0.2) is 0 Å². The van der Waals surface area contributed by atoms with Crippen LogP contribution in [0.3, 0.4) is 0 Å². The Hall–Kier alpha value is -1.10. The van der Waals surface area contributed by atoms with Crippen LogP contribution in [0.2, 0.25) is 0 Å². The number of thiocarbonyl (C=S) groups is 1. The third-order valence-corrected chi connectivity index (χ3v) is 1.50. The first kappa shape index (κ1) is 9.98. The van der Waals surface area contributed by atoms with Gasteiger partial charge in [0.1, 0.15) is 5.75 Å². The zero-order valence-electron chi connectivity index (χ0n) is 6.34. The molecule has 0 radical (unpaired) electrons. The smallest absolute Gasteiger partial charge is 0.442 e. The van der Waals surface area contributed by atoms with Crippen LogP contribution in [0.5, 0.6) is 5.75 Å². The van der Waals surface area contributed by atoms with Crippen LogP contribution in [0.25, 0.3) is 0 Å². The van der Waals surface area contributed by atoms with Crippen molar-refractivity contribution in [3.05, 3.63) is 30.3 Å². The monoisotopic (exact) mass is 206 g/mol. The predicted molar refractivity (Wildman–Crippen MR) is 45.7 cm³/mol. The van der Waals surface area contributed by atoms with Crippen molar-refractivity contribution in [1.82, 2.24) is 0 Å². The highest BCUT2D eigenvalue weighted by atomic mass is 32.1. The van der Waals surface area contributed by atoms with E-state index in [0.29, 0.717) is 0 Å². The summed E-state index contributed by atoms with van der Waals surface area (Å²) in [5.74, 6) is 0.0878. The molecule has 0 aliphatic heterocycles. The second-order valence-electron chi connectivity index (χ2n) is 2.20. The highest BCUT2D eigenvalue weighted by molar-refractivity contribution is 7.80. The van der Waals surface area contributed by atoms with E-state index in [9.17, 15) is 13.2 Å². The lowest BCUT2D eigenvalue weighted by molar-refractivity contribution is -0.0676. The summed E-state index contributed by atoms with van der Waals surface area (Å²) in [6.07, 6.45) is -4.58. The maximum Gasteiger partial charge on any atom is 0.460 e. The summed E-state index contributed by atoms with van der Waals surface area (Å²) in [7, 11) is 0. The van der Waals surface area contributed by atoms with Crippen LogP contribution in [0.4, 0.5) is 13.2 Å². The van der Waals surface area contributed by atoms with Crippen molar-refractivity contribution < 1.29 is 17.9 Å². The Morgan fingerprint density at radius 2 is 1.69 bits per heavy atom. The van der Waals surface area contributed by atoms with Crippen LogP contribution in [0.15, 0.2) is 30.3 Å². The fourth-order valence-corrected chi connectivity index (χ4v) is 0.750. The molecule has 70 valence electrons. The van der Waals surface area contributed by atoms with Gasteiger partial charge in [0, 0.05) is 0 Å². The molecule has 1 aromatic rings. The van der Waals surface area contributed by atoms with E-state index >= 15 is 0 Å². The van der Waals surface area contributed by atoms with Gasteiger partial charge in [-0.05, 0) is 24.4 Å². The van der Waals surface area contributed by atoms with Crippen molar-refractivity contribution >= 4 is 17.3 Å². The van der Waals surface area contributed by atoms with Gasteiger partial charge in [0.05, 0.1) is 0 Å². The zero-order valence-corrected chi connectivity index (χ0v) is 7.15. The van der Waals surface area contributed by atoms with Gasteiger partial charge >= 0.3 is 6.18 Å². The highest BCUT2D eigenvalue weighted by Gasteiger charge is 2.36. The van der Waals surface area contributed by atoms with Crippen molar-refractivity contribution in [2.24, 2.45) is 0 Å². The molecule has 0 aromatic heterocycles. The molecule has 1 rings (SSSR count). The Balaban J connectivity index is 2.66. The zero-order chi connectivity index (χ0) is 9.90. The second kappa shape index (κ2) is 3.74. The van der Waals surface area contributed by atoms with E-state index in [2.05, 4.69) is 17.0 Å². The molecule has 5 heteroatoms. The molecular formula is C8H5F3OS. The van der Waals surface area contributed by atoms with Crippen LogP contribution >= 0.6 is 12.2 Å². The first-order valence-corrected chi connectivity index (χ1v) is 3.75. The van der Waals surface area contributed by atoms with Crippen LogP contribution in [-0.4, -0.2) is 11.2 Å². The molecule has 0 saturated carbocycles. The van der Waals surface area contributed by atoms with Gasteiger partial charge in [-0.25, -0.2) is 0 Å². The lowest BCUT2D eigenvalue weighted by Crippen LogP contribution is -2.25. The second-order valence-corrected chi connectivity index (χ2v) is 2.57. The molecule has 0 fully saturated rings. The molecule has 0 saturated heterocycles. The number of halogens is 3. The SMILES string of the molecule is FC(F)(F)C(=S)Oc1ccccc1. The summed E-state index contributed by atoms with van der Waals surface area (Å²) in [5, 5.41) is -1.38. The van der Waals surface area contributed by atoms with Crippen LogP contribution in [0, 0.1) is 0 Å². The number of hydrogen-bond acceptors (Lipinski definition) is 2. The molecule has 0 aliphatic carbocycles. The molecular weight excluding hydrogens is 201 g/mol.